The van der Waals surface area contributed by atoms with Gasteiger partial charge in [0.05, 0.1) is 6.61 Å². The minimum Gasteiger partial charge on any atom is -0.391 e. The number of hydrogen-bond donors (Lipinski definition) is 2. The number of rotatable bonds is 3. The summed E-state index contributed by atoms with van der Waals surface area (Å²) in [5.41, 5.74) is 6.04. The fraction of sp³-hybridized carbons (Fsp3) is 0.444. The number of alkyl halides is 3. The maximum absolute atomic E-state index is 12.0. The van der Waals surface area contributed by atoms with Crippen LogP contribution >= 0.6 is 0 Å². The molecule has 0 saturated carbocycles. The minimum atomic E-state index is -4.84. The molecule has 0 atom stereocenters. The predicted molar refractivity (Wildman–Crippen MR) is 49.5 cm³/mol. The smallest absolute Gasteiger partial charge is 0.391 e. The summed E-state index contributed by atoms with van der Waals surface area (Å²) in [6, 6.07) is 1.51. The summed E-state index contributed by atoms with van der Waals surface area (Å²) in [4.78, 5) is 3.58. The largest absolute Gasteiger partial charge is 0.574 e. The molecule has 0 radical (unpaired) electrons. The van der Waals surface area contributed by atoms with E-state index in [1.54, 1.807) is 0 Å². The maximum atomic E-state index is 12.0. The lowest BCUT2D eigenvalue weighted by Crippen LogP contribution is -2.20. The first-order valence-electron chi connectivity index (χ1n) is 4.43. The Morgan fingerprint density at radius 1 is 1.50 bits per heavy atom. The Balaban J connectivity index is 3.20. The fourth-order valence-corrected chi connectivity index (χ4v) is 1.28. The van der Waals surface area contributed by atoms with Gasteiger partial charge >= 0.3 is 6.36 Å². The number of aromatic nitrogens is 1. The summed E-state index contributed by atoms with van der Waals surface area (Å²) in [6.07, 6.45) is -4.84. The monoisotopic (exact) mass is 236 g/mol. The molecule has 1 aromatic heterocycles. The Morgan fingerprint density at radius 2 is 2.12 bits per heavy atom. The van der Waals surface area contributed by atoms with Crippen LogP contribution in [0.25, 0.3) is 0 Å². The predicted octanol–water partition coefficient (Wildman–Crippen LogP) is 1.24. The second kappa shape index (κ2) is 4.67. The van der Waals surface area contributed by atoms with Crippen molar-refractivity contribution in [3.05, 3.63) is 22.9 Å². The summed E-state index contributed by atoms with van der Waals surface area (Å²) in [5.74, 6) is -0.643. The van der Waals surface area contributed by atoms with Crippen molar-refractivity contribution < 1.29 is 23.0 Å². The van der Waals surface area contributed by atoms with Gasteiger partial charge in [0, 0.05) is 17.8 Å². The quantitative estimate of drug-likeness (QED) is 0.828. The van der Waals surface area contributed by atoms with Crippen molar-refractivity contribution in [1.82, 2.24) is 4.98 Å². The van der Waals surface area contributed by atoms with Crippen molar-refractivity contribution in [3.8, 4) is 5.88 Å². The van der Waals surface area contributed by atoms with E-state index >= 15 is 0 Å². The second-order valence-electron chi connectivity index (χ2n) is 3.12. The molecule has 0 bridgehead atoms. The van der Waals surface area contributed by atoms with Crippen LogP contribution in [0, 0.1) is 6.92 Å². The highest BCUT2D eigenvalue weighted by molar-refractivity contribution is 5.36. The van der Waals surface area contributed by atoms with Gasteiger partial charge in [-0.2, -0.15) is 0 Å². The van der Waals surface area contributed by atoms with Gasteiger partial charge < -0.3 is 15.6 Å². The molecule has 4 nitrogen and oxygen atoms in total. The van der Waals surface area contributed by atoms with Crippen LogP contribution in [0.2, 0.25) is 0 Å². The van der Waals surface area contributed by atoms with Crippen LogP contribution in [0.3, 0.4) is 0 Å². The van der Waals surface area contributed by atoms with E-state index in [2.05, 4.69) is 9.72 Å². The number of pyridine rings is 1. The third-order valence-electron chi connectivity index (χ3n) is 1.90. The van der Waals surface area contributed by atoms with Crippen LogP contribution in [-0.2, 0) is 13.2 Å². The lowest BCUT2D eigenvalue weighted by Gasteiger charge is -2.14. The average Bonchev–Trinajstić information content (AvgIpc) is 2.14. The number of aliphatic hydroxyl groups excluding tert-OH is 1. The first-order chi connectivity index (χ1) is 7.37. The van der Waals surface area contributed by atoms with Gasteiger partial charge in [-0.25, -0.2) is 4.98 Å². The Bertz CT molecular complexity index is 380. The Morgan fingerprint density at radius 3 is 2.56 bits per heavy atom. The Kier molecular flexibility index (Phi) is 3.71. The third kappa shape index (κ3) is 3.07. The van der Waals surface area contributed by atoms with Gasteiger partial charge in [0.15, 0.2) is 0 Å². The molecule has 0 aliphatic carbocycles. The number of nitrogens with two attached hydrogens (primary N) is 1. The van der Waals surface area contributed by atoms with Crippen molar-refractivity contribution >= 4 is 0 Å². The van der Waals surface area contributed by atoms with E-state index in [1.165, 1.54) is 13.0 Å². The summed E-state index contributed by atoms with van der Waals surface area (Å²) >= 11 is 0. The van der Waals surface area contributed by atoms with Crippen molar-refractivity contribution in [2.24, 2.45) is 5.73 Å². The Labute approximate surface area is 89.9 Å². The minimum absolute atomic E-state index is 0.00741. The molecule has 0 saturated heterocycles. The molecule has 16 heavy (non-hydrogen) atoms. The van der Waals surface area contributed by atoms with E-state index in [4.69, 9.17) is 10.8 Å². The van der Waals surface area contributed by atoms with Gasteiger partial charge in [-0.3, -0.25) is 0 Å². The molecular weight excluding hydrogens is 225 g/mol. The van der Waals surface area contributed by atoms with Crippen LogP contribution in [0.1, 0.15) is 16.8 Å². The van der Waals surface area contributed by atoms with Crippen LogP contribution in [0.5, 0.6) is 5.88 Å². The molecule has 0 aliphatic heterocycles. The standard InChI is InChI=1S/C9H11F3N2O2/c1-5-2-6(3-13)7(4-15)8(14-5)16-9(10,11)12/h2,15H,3-4,13H2,1H3. The topological polar surface area (TPSA) is 68.4 Å². The van der Waals surface area contributed by atoms with Gasteiger partial charge in [0.25, 0.3) is 0 Å². The van der Waals surface area contributed by atoms with E-state index in [9.17, 15) is 13.2 Å². The van der Waals surface area contributed by atoms with E-state index in [-0.39, 0.29) is 12.1 Å². The zero-order valence-electron chi connectivity index (χ0n) is 8.51. The van der Waals surface area contributed by atoms with Gasteiger partial charge in [0.1, 0.15) is 0 Å². The highest BCUT2D eigenvalue weighted by Crippen LogP contribution is 2.27. The molecule has 1 aromatic rings. The number of ether oxygens (including phenoxy) is 1. The lowest BCUT2D eigenvalue weighted by atomic mass is 10.1. The summed E-state index contributed by atoms with van der Waals surface area (Å²) in [6.45, 7) is 0.919. The summed E-state index contributed by atoms with van der Waals surface area (Å²) in [5, 5.41) is 8.98. The molecule has 1 heterocycles. The SMILES string of the molecule is Cc1cc(CN)c(CO)c(OC(F)(F)F)n1. The molecule has 0 amide bonds. The zero-order chi connectivity index (χ0) is 12.3. The van der Waals surface area contributed by atoms with E-state index < -0.39 is 18.8 Å². The maximum Gasteiger partial charge on any atom is 0.574 e. The summed E-state index contributed by atoms with van der Waals surface area (Å²) in [7, 11) is 0. The Hall–Kier alpha value is -1.34. The molecule has 90 valence electrons. The first kappa shape index (κ1) is 12.7. The van der Waals surface area contributed by atoms with Crippen molar-refractivity contribution in [2.45, 2.75) is 26.4 Å². The summed E-state index contributed by atoms with van der Waals surface area (Å²) < 4.78 is 39.9. The van der Waals surface area contributed by atoms with Crippen LogP contribution in [-0.4, -0.2) is 16.5 Å². The molecule has 0 spiro atoms. The molecule has 7 heteroatoms. The highest BCUT2D eigenvalue weighted by Gasteiger charge is 2.33. The van der Waals surface area contributed by atoms with Gasteiger partial charge in [-0.05, 0) is 18.6 Å². The number of nitrogens with zero attached hydrogens (tertiary/aromatic N) is 1. The highest BCUT2D eigenvalue weighted by atomic mass is 19.4. The molecule has 3 N–H and O–H groups in total. The third-order valence-corrected chi connectivity index (χ3v) is 1.90. The van der Waals surface area contributed by atoms with E-state index in [1.807, 2.05) is 0 Å². The van der Waals surface area contributed by atoms with Crippen LogP contribution < -0.4 is 10.5 Å². The lowest BCUT2D eigenvalue weighted by molar-refractivity contribution is -0.276. The van der Waals surface area contributed by atoms with E-state index in [0.29, 0.717) is 11.3 Å². The number of halogens is 3. The number of aliphatic hydroxyl groups is 1. The normalized spacial score (nSPS) is 11.6. The van der Waals surface area contributed by atoms with Gasteiger partial charge in [-0.1, -0.05) is 0 Å². The van der Waals surface area contributed by atoms with Crippen LogP contribution in [0.4, 0.5) is 13.2 Å². The molecule has 0 fully saturated rings. The average molecular weight is 236 g/mol. The molecular formula is C9H11F3N2O2. The number of hydrogen-bond acceptors (Lipinski definition) is 4. The molecule has 1 rings (SSSR count). The number of aryl methyl sites for hydroxylation is 1. The van der Waals surface area contributed by atoms with Crippen LogP contribution in [0.15, 0.2) is 6.07 Å². The molecule has 0 unspecified atom stereocenters. The van der Waals surface area contributed by atoms with Crippen molar-refractivity contribution in [1.29, 1.82) is 0 Å². The van der Waals surface area contributed by atoms with Crippen molar-refractivity contribution in [2.75, 3.05) is 0 Å². The fourth-order valence-electron chi connectivity index (χ4n) is 1.28. The zero-order valence-corrected chi connectivity index (χ0v) is 8.51. The first-order valence-corrected chi connectivity index (χ1v) is 4.43. The second-order valence-corrected chi connectivity index (χ2v) is 3.12. The molecule has 0 aromatic carbocycles. The molecule has 0 aliphatic rings. The van der Waals surface area contributed by atoms with Crippen molar-refractivity contribution in [3.63, 3.8) is 0 Å². The van der Waals surface area contributed by atoms with Gasteiger partial charge in [-0.15, -0.1) is 13.2 Å². The van der Waals surface area contributed by atoms with Gasteiger partial charge in [0.2, 0.25) is 5.88 Å². The van der Waals surface area contributed by atoms with E-state index in [0.717, 1.165) is 0 Å².